The van der Waals surface area contributed by atoms with Gasteiger partial charge >= 0.3 is 51.4 Å². The first kappa shape index (κ1) is 26.7. The van der Waals surface area contributed by atoms with Crippen LogP contribution < -0.4 is 0 Å². The average Bonchev–Trinajstić information content (AvgIpc) is 2.36. The van der Waals surface area contributed by atoms with Gasteiger partial charge in [-0.15, -0.1) is 0 Å². The molecular weight excluding hydrogens is 367 g/mol. The van der Waals surface area contributed by atoms with Gasteiger partial charge in [0.05, 0.1) is 11.5 Å². The summed E-state index contributed by atoms with van der Waals surface area (Å²) >= 11 is 0. The molecule has 9 heteroatoms. The van der Waals surface area contributed by atoms with Crippen LogP contribution in [0.25, 0.3) is 0 Å². The summed E-state index contributed by atoms with van der Waals surface area (Å²) in [5.41, 5.74) is 0. The Hall–Kier alpha value is 1.46. The van der Waals surface area contributed by atoms with Crippen molar-refractivity contribution >= 4 is 71.6 Å². The summed E-state index contributed by atoms with van der Waals surface area (Å²) < 4.78 is 59.1. The Morgan fingerprint density at radius 1 is 0.435 bits per heavy atom. The first-order chi connectivity index (χ1) is 10.2. The van der Waals surface area contributed by atoms with Crippen molar-refractivity contribution in [3.05, 3.63) is 0 Å². The van der Waals surface area contributed by atoms with Gasteiger partial charge < -0.3 is 0 Å². The molecule has 23 heavy (non-hydrogen) atoms. The molecule has 0 radical (unpaired) electrons. The van der Waals surface area contributed by atoms with Crippen LogP contribution in [-0.2, 0) is 20.2 Å². The van der Waals surface area contributed by atoms with Crippen LogP contribution in [0, 0.1) is 0 Å². The maximum absolute atomic E-state index is 10.5. The van der Waals surface area contributed by atoms with Gasteiger partial charge in [-0.3, -0.25) is 9.11 Å². The van der Waals surface area contributed by atoms with Gasteiger partial charge in [0.15, 0.2) is 0 Å². The Morgan fingerprint density at radius 3 is 0.783 bits per heavy atom. The summed E-state index contributed by atoms with van der Waals surface area (Å²) in [5, 5.41) is 0. The second-order valence-corrected chi connectivity index (χ2v) is 8.96. The molecule has 0 amide bonds. The first-order valence-electron chi connectivity index (χ1n) is 8.11. The zero-order chi connectivity index (χ0) is 16.9. The van der Waals surface area contributed by atoms with Crippen LogP contribution in [-0.4, -0.2) is 88.8 Å². The van der Waals surface area contributed by atoms with Crippen molar-refractivity contribution < 1.29 is 25.9 Å². The van der Waals surface area contributed by atoms with E-state index >= 15 is 0 Å². The normalized spacial score (nSPS) is 12.1. The van der Waals surface area contributed by atoms with E-state index in [2.05, 4.69) is 0 Å². The fourth-order valence-corrected chi connectivity index (χ4v) is 3.47. The standard InChI is InChI=1S/C14H30O6S2.K.H/c15-21(16,17)13-11-9-7-5-3-1-2-4-6-8-10-12-14-22(18,19)20;;/h1-14H2,(H,15,16,17)(H,18,19,20);;. The maximum atomic E-state index is 10.5. The molecule has 0 aromatic rings. The Labute approximate surface area is 184 Å². The molecule has 0 unspecified atom stereocenters. The van der Waals surface area contributed by atoms with Crippen molar-refractivity contribution in [1.82, 2.24) is 0 Å². The van der Waals surface area contributed by atoms with Crippen molar-refractivity contribution in [2.75, 3.05) is 11.5 Å². The van der Waals surface area contributed by atoms with Crippen molar-refractivity contribution in [2.45, 2.75) is 77.0 Å². The van der Waals surface area contributed by atoms with Gasteiger partial charge in [-0.25, -0.2) is 0 Å². The third-order valence-electron chi connectivity index (χ3n) is 3.55. The third-order valence-corrected chi connectivity index (χ3v) is 5.16. The van der Waals surface area contributed by atoms with Gasteiger partial charge in [-0.1, -0.05) is 64.2 Å². The van der Waals surface area contributed by atoms with Crippen LogP contribution in [0.15, 0.2) is 0 Å². The SMILES string of the molecule is O=S(=O)(O)CCCCCCCCCCCCCCS(=O)(=O)O.[KH]. The molecule has 2 N–H and O–H groups in total. The Morgan fingerprint density at radius 2 is 0.609 bits per heavy atom. The van der Waals surface area contributed by atoms with Crippen LogP contribution in [0.4, 0.5) is 0 Å². The van der Waals surface area contributed by atoms with Crippen molar-refractivity contribution in [3.63, 3.8) is 0 Å². The average molecular weight is 399 g/mol. The Bertz CT molecular complexity index is 418. The molecule has 0 rings (SSSR count). The van der Waals surface area contributed by atoms with Gasteiger partial charge in [-0.2, -0.15) is 16.8 Å². The molecule has 0 atom stereocenters. The zero-order valence-electron chi connectivity index (χ0n) is 13.2. The van der Waals surface area contributed by atoms with Gasteiger partial charge in [0.2, 0.25) is 0 Å². The fraction of sp³-hybridized carbons (Fsp3) is 1.00. The number of unbranched alkanes of at least 4 members (excludes halogenated alkanes) is 11. The molecule has 0 aliphatic carbocycles. The topological polar surface area (TPSA) is 109 Å². The predicted octanol–water partition coefficient (Wildman–Crippen LogP) is 2.79. The van der Waals surface area contributed by atoms with Gasteiger partial charge in [0, 0.05) is 0 Å². The van der Waals surface area contributed by atoms with E-state index in [9.17, 15) is 16.8 Å². The van der Waals surface area contributed by atoms with Crippen LogP contribution in [0.5, 0.6) is 0 Å². The molecule has 0 aromatic heterocycles. The summed E-state index contributed by atoms with van der Waals surface area (Å²) in [6, 6.07) is 0. The van der Waals surface area contributed by atoms with E-state index in [1.54, 1.807) is 0 Å². The molecule has 0 heterocycles. The third kappa shape index (κ3) is 25.8. The molecule has 136 valence electrons. The second-order valence-electron chi connectivity index (χ2n) is 5.81. The van der Waals surface area contributed by atoms with Crippen LogP contribution >= 0.6 is 0 Å². The Kier molecular flexibility index (Phi) is 18.2. The molecular formula is C14H31KO6S2. The molecule has 0 saturated heterocycles. The van der Waals surface area contributed by atoms with Gasteiger partial charge in [0.1, 0.15) is 0 Å². The molecule has 0 bridgehead atoms. The molecule has 0 fully saturated rings. The second kappa shape index (κ2) is 15.7. The van der Waals surface area contributed by atoms with E-state index in [-0.39, 0.29) is 62.9 Å². The molecule has 0 saturated carbocycles. The molecule has 0 aromatic carbocycles. The van der Waals surface area contributed by atoms with Crippen LogP contribution in [0.3, 0.4) is 0 Å². The van der Waals surface area contributed by atoms with E-state index < -0.39 is 20.2 Å². The first-order valence-corrected chi connectivity index (χ1v) is 11.3. The summed E-state index contributed by atoms with van der Waals surface area (Å²) in [6.07, 6.45) is 11.6. The monoisotopic (exact) mass is 398 g/mol. The van der Waals surface area contributed by atoms with Gasteiger partial charge in [0.25, 0.3) is 20.2 Å². The van der Waals surface area contributed by atoms with Crippen molar-refractivity contribution in [2.24, 2.45) is 0 Å². The minimum absolute atomic E-state index is 0. The Balaban J connectivity index is 0. The number of rotatable bonds is 15. The summed E-state index contributed by atoms with van der Waals surface area (Å²) in [7, 11) is -7.59. The van der Waals surface area contributed by atoms with E-state index in [0.717, 1.165) is 51.4 Å². The van der Waals surface area contributed by atoms with E-state index in [1.165, 1.54) is 12.8 Å². The molecule has 0 aliphatic heterocycles. The molecule has 0 spiro atoms. The van der Waals surface area contributed by atoms with Gasteiger partial charge in [-0.05, 0) is 12.8 Å². The predicted molar refractivity (Wildman–Crippen MR) is 95.4 cm³/mol. The quantitative estimate of drug-likeness (QED) is 0.249. The van der Waals surface area contributed by atoms with E-state index in [4.69, 9.17) is 9.11 Å². The summed E-state index contributed by atoms with van der Waals surface area (Å²) in [4.78, 5) is 0. The van der Waals surface area contributed by atoms with Crippen LogP contribution in [0.2, 0.25) is 0 Å². The van der Waals surface area contributed by atoms with Crippen molar-refractivity contribution in [3.8, 4) is 0 Å². The van der Waals surface area contributed by atoms with Crippen LogP contribution in [0.1, 0.15) is 77.0 Å². The fourth-order valence-electron chi connectivity index (χ4n) is 2.34. The summed E-state index contributed by atoms with van der Waals surface area (Å²) in [5.74, 6) is -0.269. The van der Waals surface area contributed by atoms with E-state index in [1.807, 2.05) is 0 Å². The summed E-state index contributed by atoms with van der Waals surface area (Å²) in [6.45, 7) is 0. The zero-order valence-corrected chi connectivity index (χ0v) is 14.9. The van der Waals surface area contributed by atoms with E-state index in [0.29, 0.717) is 12.8 Å². The molecule has 6 nitrogen and oxygen atoms in total. The number of hydrogen-bond donors (Lipinski definition) is 2. The minimum atomic E-state index is -3.79. The molecule has 0 aliphatic rings. The number of hydrogen-bond acceptors (Lipinski definition) is 4. The van der Waals surface area contributed by atoms with Crippen molar-refractivity contribution in [1.29, 1.82) is 0 Å².